The van der Waals surface area contributed by atoms with Crippen molar-refractivity contribution in [2.45, 2.75) is 0 Å². The van der Waals surface area contributed by atoms with Crippen molar-refractivity contribution in [1.29, 1.82) is 0 Å². The predicted molar refractivity (Wildman–Crippen MR) is 121 cm³/mol. The maximum absolute atomic E-state index is 13.0. The number of aryl methyl sites for hydroxylation is 1. The number of anilines is 1. The van der Waals surface area contributed by atoms with Gasteiger partial charge in [-0.1, -0.05) is 18.2 Å². The summed E-state index contributed by atoms with van der Waals surface area (Å²) in [7, 11) is 4.64. The Kier molecular flexibility index (Phi) is 5.76. The lowest BCUT2D eigenvalue weighted by Gasteiger charge is -2.13. The maximum Gasteiger partial charge on any atom is 0.276 e. The second-order valence-corrected chi connectivity index (χ2v) is 6.92. The van der Waals surface area contributed by atoms with Gasteiger partial charge in [0, 0.05) is 24.2 Å². The molecule has 0 saturated carbocycles. The van der Waals surface area contributed by atoms with Gasteiger partial charge in [-0.15, -0.1) is 0 Å². The largest absolute Gasteiger partial charge is 0.497 e. The smallest absolute Gasteiger partial charge is 0.276 e. The van der Waals surface area contributed by atoms with E-state index in [9.17, 15) is 9.59 Å². The zero-order valence-corrected chi connectivity index (χ0v) is 17.8. The molecule has 0 saturated heterocycles. The molecule has 1 amide bonds. The van der Waals surface area contributed by atoms with Crippen molar-refractivity contribution in [3.05, 3.63) is 82.8 Å². The second kappa shape index (κ2) is 8.81. The van der Waals surface area contributed by atoms with Gasteiger partial charge in [-0.25, -0.2) is 4.68 Å². The third-order valence-electron chi connectivity index (χ3n) is 4.88. The van der Waals surface area contributed by atoms with E-state index in [-0.39, 0.29) is 11.3 Å². The Labute approximate surface area is 184 Å². The molecule has 0 unspecified atom stereocenters. The molecule has 0 radical (unpaired) electrons. The number of aromatic nitrogens is 2. The van der Waals surface area contributed by atoms with Crippen molar-refractivity contribution in [1.82, 2.24) is 9.78 Å². The number of carbonyl (C=O) groups is 1. The highest BCUT2D eigenvalue weighted by molar-refractivity contribution is 6.11. The van der Waals surface area contributed by atoms with Gasteiger partial charge >= 0.3 is 0 Å². The lowest BCUT2D eigenvalue weighted by molar-refractivity contribution is 0.102. The van der Waals surface area contributed by atoms with E-state index in [1.54, 1.807) is 73.8 Å². The first-order valence-electron chi connectivity index (χ1n) is 9.77. The number of carbonyl (C=O) groups excluding carboxylic acids is 1. The van der Waals surface area contributed by atoms with Gasteiger partial charge in [0.1, 0.15) is 11.5 Å². The van der Waals surface area contributed by atoms with Crippen molar-refractivity contribution in [2.24, 2.45) is 7.05 Å². The van der Waals surface area contributed by atoms with Crippen molar-refractivity contribution in [2.75, 3.05) is 19.5 Å². The Bertz CT molecular complexity index is 1350. The molecule has 162 valence electrons. The Balaban J connectivity index is 1.64. The van der Waals surface area contributed by atoms with Crippen molar-refractivity contribution < 1.29 is 19.0 Å². The zero-order chi connectivity index (χ0) is 22.7. The number of rotatable bonds is 6. The van der Waals surface area contributed by atoms with Crippen LogP contribution in [0.5, 0.6) is 23.0 Å². The van der Waals surface area contributed by atoms with Crippen LogP contribution in [0.25, 0.3) is 10.8 Å². The summed E-state index contributed by atoms with van der Waals surface area (Å²) in [4.78, 5) is 25.3. The normalized spacial score (nSPS) is 10.6. The molecule has 0 aliphatic heterocycles. The fourth-order valence-electron chi connectivity index (χ4n) is 3.26. The molecule has 0 atom stereocenters. The molecule has 1 aromatic heterocycles. The van der Waals surface area contributed by atoms with E-state index in [0.29, 0.717) is 39.5 Å². The third kappa shape index (κ3) is 4.11. The van der Waals surface area contributed by atoms with Crippen LogP contribution >= 0.6 is 0 Å². The highest BCUT2D eigenvalue weighted by atomic mass is 16.5. The number of amides is 1. The number of nitrogens with zero attached hydrogens (tertiary/aromatic N) is 2. The topological polar surface area (TPSA) is 91.7 Å². The average molecular weight is 431 g/mol. The standard InChI is InChI=1S/C24H21N3O5/c1-27-24(29)19-7-5-4-6-18(19)22(26-27)23(28)25-15-8-13-20(31-3)21(14-15)32-17-11-9-16(30-2)10-12-17/h4-14H,1-3H3,(H,25,28). The van der Waals surface area contributed by atoms with E-state index in [1.807, 2.05) is 0 Å². The fraction of sp³-hybridized carbons (Fsp3) is 0.125. The molecule has 0 aliphatic carbocycles. The molecule has 1 heterocycles. The molecule has 32 heavy (non-hydrogen) atoms. The minimum Gasteiger partial charge on any atom is -0.497 e. The van der Waals surface area contributed by atoms with E-state index >= 15 is 0 Å². The van der Waals surface area contributed by atoms with Gasteiger partial charge in [0.2, 0.25) is 0 Å². The fourth-order valence-corrected chi connectivity index (χ4v) is 3.26. The maximum atomic E-state index is 13.0. The summed E-state index contributed by atoms with van der Waals surface area (Å²) < 4.78 is 17.6. The van der Waals surface area contributed by atoms with E-state index in [2.05, 4.69) is 10.4 Å². The minimum atomic E-state index is -0.447. The van der Waals surface area contributed by atoms with Gasteiger partial charge < -0.3 is 19.5 Å². The molecular weight excluding hydrogens is 410 g/mol. The average Bonchev–Trinajstić information content (AvgIpc) is 2.82. The summed E-state index contributed by atoms with van der Waals surface area (Å²) >= 11 is 0. The van der Waals surface area contributed by atoms with Crippen LogP contribution in [0, 0.1) is 0 Å². The highest BCUT2D eigenvalue weighted by Gasteiger charge is 2.17. The SMILES string of the molecule is COc1ccc(Oc2cc(NC(=O)c3nn(C)c(=O)c4ccccc34)ccc2OC)cc1. The monoisotopic (exact) mass is 431 g/mol. The third-order valence-corrected chi connectivity index (χ3v) is 4.88. The first-order valence-corrected chi connectivity index (χ1v) is 9.77. The summed E-state index contributed by atoms with van der Waals surface area (Å²) in [5.41, 5.74) is 0.368. The van der Waals surface area contributed by atoms with Gasteiger partial charge in [0.25, 0.3) is 11.5 Å². The molecular formula is C24H21N3O5. The molecule has 0 spiro atoms. The zero-order valence-electron chi connectivity index (χ0n) is 17.8. The van der Waals surface area contributed by atoms with Crippen LogP contribution in [0.1, 0.15) is 10.5 Å². The first kappa shape index (κ1) is 20.9. The van der Waals surface area contributed by atoms with Gasteiger partial charge in [0.15, 0.2) is 17.2 Å². The number of fused-ring (bicyclic) bond motifs is 1. The molecule has 3 aromatic carbocycles. The number of methoxy groups -OCH3 is 2. The predicted octanol–water partition coefficient (Wildman–Crippen LogP) is 4.00. The Morgan fingerprint density at radius 2 is 1.56 bits per heavy atom. The van der Waals surface area contributed by atoms with Crippen molar-refractivity contribution >= 4 is 22.4 Å². The van der Waals surface area contributed by atoms with Crippen LogP contribution in [0.2, 0.25) is 0 Å². The minimum absolute atomic E-state index is 0.149. The summed E-state index contributed by atoms with van der Waals surface area (Å²) in [6.07, 6.45) is 0. The summed E-state index contributed by atoms with van der Waals surface area (Å²) in [6, 6.07) is 19.0. The Morgan fingerprint density at radius 1 is 0.875 bits per heavy atom. The highest BCUT2D eigenvalue weighted by Crippen LogP contribution is 2.34. The number of ether oxygens (including phenoxy) is 3. The van der Waals surface area contributed by atoms with Crippen LogP contribution in [-0.2, 0) is 7.05 Å². The first-order chi connectivity index (χ1) is 15.5. The molecule has 4 rings (SSSR count). The number of hydrogen-bond acceptors (Lipinski definition) is 6. The van der Waals surface area contributed by atoms with Crippen LogP contribution in [0.3, 0.4) is 0 Å². The Morgan fingerprint density at radius 3 is 2.25 bits per heavy atom. The van der Waals surface area contributed by atoms with Crippen molar-refractivity contribution in [3.63, 3.8) is 0 Å². The van der Waals surface area contributed by atoms with Gasteiger partial charge in [-0.05, 0) is 42.5 Å². The summed E-state index contributed by atoms with van der Waals surface area (Å²) in [6.45, 7) is 0. The van der Waals surface area contributed by atoms with Crippen LogP contribution < -0.4 is 25.1 Å². The molecule has 0 bridgehead atoms. The second-order valence-electron chi connectivity index (χ2n) is 6.92. The number of nitrogens with one attached hydrogen (secondary N) is 1. The van der Waals surface area contributed by atoms with E-state index in [4.69, 9.17) is 14.2 Å². The van der Waals surface area contributed by atoms with Crippen LogP contribution in [0.15, 0.2) is 71.5 Å². The number of hydrogen-bond donors (Lipinski definition) is 1. The molecule has 4 aromatic rings. The molecule has 0 fully saturated rings. The molecule has 1 N–H and O–H groups in total. The van der Waals surface area contributed by atoms with Gasteiger partial charge in [-0.2, -0.15) is 5.10 Å². The lowest BCUT2D eigenvalue weighted by Crippen LogP contribution is -2.25. The van der Waals surface area contributed by atoms with E-state index in [0.717, 1.165) is 4.68 Å². The quantitative estimate of drug-likeness (QED) is 0.496. The van der Waals surface area contributed by atoms with Crippen LogP contribution in [-0.4, -0.2) is 29.9 Å². The van der Waals surface area contributed by atoms with E-state index < -0.39 is 5.91 Å². The Hall–Kier alpha value is -4.33. The number of benzene rings is 3. The van der Waals surface area contributed by atoms with Crippen molar-refractivity contribution in [3.8, 4) is 23.0 Å². The molecule has 0 aliphatic rings. The van der Waals surface area contributed by atoms with Gasteiger partial charge in [-0.3, -0.25) is 9.59 Å². The lowest BCUT2D eigenvalue weighted by atomic mass is 10.1. The summed E-state index contributed by atoms with van der Waals surface area (Å²) in [5, 5.41) is 7.89. The molecule has 8 nitrogen and oxygen atoms in total. The van der Waals surface area contributed by atoms with Crippen LogP contribution in [0.4, 0.5) is 5.69 Å². The molecule has 8 heteroatoms. The van der Waals surface area contributed by atoms with E-state index in [1.165, 1.54) is 14.2 Å². The van der Waals surface area contributed by atoms with Gasteiger partial charge in [0.05, 0.1) is 19.6 Å². The summed E-state index contributed by atoms with van der Waals surface area (Å²) in [5.74, 6) is 1.77.